The molecule has 1 saturated heterocycles. The summed E-state index contributed by atoms with van der Waals surface area (Å²) in [5.74, 6) is 1.48. The van der Waals surface area contributed by atoms with Crippen LogP contribution in [0.15, 0.2) is 23.3 Å². The molecular formula is C14H20N2O2. The Morgan fingerprint density at radius 2 is 1.78 bits per heavy atom. The molecule has 18 heavy (non-hydrogen) atoms. The van der Waals surface area contributed by atoms with Crippen LogP contribution in [-0.4, -0.2) is 38.5 Å². The molecule has 2 rings (SSSR count). The van der Waals surface area contributed by atoms with Crippen molar-refractivity contribution in [3.63, 3.8) is 0 Å². The molecule has 0 saturated carbocycles. The maximum Gasteiger partial charge on any atom is 0.161 e. The minimum absolute atomic E-state index is 0.736. The fourth-order valence-electron chi connectivity index (χ4n) is 2.07. The predicted octanol–water partition coefficient (Wildman–Crippen LogP) is 2.52. The van der Waals surface area contributed by atoms with Crippen molar-refractivity contribution in [2.45, 2.75) is 19.3 Å². The summed E-state index contributed by atoms with van der Waals surface area (Å²) in [6.07, 6.45) is 5.68. The highest BCUT2D eigenvalue weighted by Gasteiger charge is 2.07. The van der Waals surface area contributed by atoms with Crippen molar-refractivity contribution in [3.05, 3.63) is 23.8 Å². The SMILES string of the molecule is COc1ccc(C=NN2CCCCC2)cc1OC. The maximum atomic E-state index is 5.27. The van der Waals surface area contributed by atoms with Crippen molar-refractivity contribution in [1.82, 2.24) is 5.01 Å². The average Bonchev–Trinajstić information content (AvgIpc) is 2.45. The molecule has 1 fully saturated rings. The lowest BCUT2D eigenvalue weighted by molar-refractivity contribution is 0.240. The van der Waals surface area contributed by atoms with Crippen LogP contribution in [0.2, 0.25) is 0 Å². The summed E-state index contributed by atoms with van der Waals surface area (Å²) < 4.78 is 10.5. The minimum Gasteiger partial charge on any atom is -0.493 e. The maximum absolute atomic E-state index is 5.27. The number of benzene rings is 1. The van der Waals surface area contributed by atoms with E-state index in [9.17, 15) is 0 Å². The molecule has 0 N–H and O–H groups in total. The van der Waals surface area contributed by atoms with Crippen molar-refractivity contribution in [2.24, 2.45) is 5.10 Å². The van der Waals surface area contributed by atoms with Gasteiger partial charge >= 0.3 is 0 Å². The molecule has 0 bridgehead atoms. The second kappa shape index (κ2) is 6.28. The highest BCUT2D eigenvalue weighted by atomic mass is 16.5. The Balaban J connectivity index is 2.06. The van der Waals surface area contributed by atoms with Crippen LogP contribution in [0.25, 0.3) is 0 Å². The first-order valence-electron chi connectivity index (χ1n) is 6.34. The number of hydrazone groups is 1. The minimum atomic E-state index is 0.736. The van der Waals surface area contributed by atoms with E-state index in [2.05, 4.69) is 10.1 Å². The largest absolute Gasteiger partial charge is 0.493 e. The van der Waals surface area contributed by atoms with Gasteiger partial charge in [-0.1, -0.05) is 0 Å². The van der Waals surface area contributed by atoms with Gasteiger partial charge in [0, 0.05) is 13.1 Å². The smallest absolute Gasteiger partial charge is 0.161 e. The van der Waals surface area contributed by atoms with Crippen molar-refractivity contribution in [2.75, 3.05) is 27.3 Å². The molecule has 0 aliphatic carbocycles. The summed E-state index contributed by atoms with van der Waals surface area (Å²) in [5, 5.41) is 6.62. The van der Waals surface area contributed by atoms with Gasteiger partial charge in [-0.2, -0.15) is 5.10 Å². The highest BCUT2D eigenvalue weighted by molar-refractivity contribution is 5.80. The number of ether oxygens (including phenoxy) is 2. The summed E-state index contributed by atoms with van der Waals surface area (Å²) in [5.41, 5.74) is 1.03. The zero-order valence-electron chi connectivity index (χ0n) is 11.1. The lowest BCUT2D eigenvalue weighted by Crippen LogP contribution is -2.24. The first-order chi connectivity index (χ1) is 8.83. The van der Waals surface area contributed by atoms with E-state index in [0.717, 1.165) is 30.2 Å². The number of piperidine rings is 1. The van der Waals surface area contributed by atoms with Crippen molar-refractivity contribution < 1.29 is 9.47 Å². The molecule has 0 aromatic heterocycles. The Bertz CT molecular complexity index is 412. The normalized spacial score (nSPS) is 16.0. The summed E-state index contributed by atoms with van der Waals surface area (Å²) in [6, 6.07) is 5.82. The molecular weight excluding hydrogens is 228 g/mol. The van der Waals surface area contributed by atoms with Gasteiger partial charge < -0.3 is 9.47 Å². The van der Waals surface area contributed by atoms with Gasteiger partial charge in [0.15, 0.2) is 11.5 Å². The topological polar surface area (TPSA) is 34.1 Å². The third-order valence-corrected chi connectivity index (χ3v) is 3.11. The standard InChI is InChI=1S/C14H20N2O2/c1-17-13-7-6-12(10-14(13)18-2)11-15-16-8-4-3-5-9-16/h6-7,10-11H,3-5,8-9H2,1-2H3. The Morgan fingerprint density at radius 3 is 2.44 bits per heavy atom. The Morgan fingerprint density at radius 1 is 1.06 bits per heavy atom. The van der Waals surface area contributed by atoms with Crippen LogP contribution < -0.4 is 9.47 Å². The molecule has 0 amide bonds. The van der Waals surface area contributed by atoms with Gasteiger partial charge in [-0.15, -0.1) is 0 Å². The highest BCUT2D eigenvalue weighted by Crippen LogP contribution is 2.26. The molecule has 0 atom stereocenters. The Labute approximate surface area is 108 Å². The average molecular weight is 248 g/mol. The molecule has 1 aromatic carbocycles. The van der Waals surface area contributed by atoms with Crippen molar-refractivity contribution in [3.8, 4) is 11.5 Å². The molecule has 1 aromatic rings. The molecule has 98 valence electrons. The third-order valence-electron chi connectivity index (χ3n) is 3.11. The fraction of sp³-hybridized carbons (Fsp3) is 0.500. The number of hydrogen-bond acceptors (Lipinski definition) is 4. The van der Waals surface area contributed by atoms with Gasteiger partial charge in [-0.05, 0) is 43.0 Å². The molecule has 1 aliphatic rings. The second-order valence-electron chi connectivity index (χ2n) is 4.37. The van der Waals surface area contributed by atoms with Crippen LogP contribution in [0.5, 0.6) is 11.5 Å². The molecule has 4 nitrogen and oxygen atoms in total. The molecule has 1 aliphatic heterocycles. The van der Waals surface area contributed by atoms with E-state index in [1.165, 1.54) is 19.3 Å². The lowest BCUT2D eigenvalue weighted by Gasteiger charge is -2.23. The van der Waals surface area contributed by atoms with Gasteiger partial charge in [-0.25, -0.2) is 0 Å². The number of nitrogens with zero attached hydrogens (tertiary/aromatic N) is 2. The van der Waals surface area contributed by atoms with Crippen LogP contribution in [0.1, 0.15) is 24.8 Å². The van der Waals surface area contributed by atoms with E-state index in [-0.39, 0.29) is 0 Å². The Hall–Kier alpha value is -1.71. The van der Waals surface area contributed by atoms with Crippen LogP contribution in [0.4, 0.5) is 0 Å². The van der Waals surface area contributed by atoms with Crippen LogP contribution >= 0.6 is 0 Å². The van der Waals surface area contributed by atoms with Gasteiger partial charge in [0.2, 0.25) is 0 Å². The first-order valence-corrected chi connectivity index (χ1v) is 6.34. The second-order valence-corrected chi connectivity index (χ2v) is 4.37. The van der Waals surface area contributed by atoms with E-state index in [1.54, 1.807) is 14.2 Å². The number of rotatable bonds is 4. The zero-order chi connectivity index (χ0) is 12.8. The molecule has 1 heterocycles. The number of hydrogen-bond donors (Lipinski definition) is 0. The van der Waals surface area contributed by atoms with Crippen LogP contribution in [-0.2, 0) is 0 Å². The Kier molecular flexibility index (Phi) is 4.45. The molecule has 0 radical (unpaired) electrons. The number of methoxy groups -OCH3 is 2. The summed E-state index contributed by atoms with van der Waals surface area (Å²) in [4.78, 5) is 0. The van der Waals surface area contributed by atoms with Crippen LogP contribution in [0.3, 0.4) is 0 Å². The van der Waals surface area contributed by atoms with E-state index in [1.807, 2.05) is 24.4 Å². The molecule has 0 spiro atoms. The van der Waals surface area contributed by atoms with E-state index in [0.29, 0.717) is 0 Å². The van der Waals surface area contributed by atoms with Gasteiger partial charge in [-0.3, -0.25) is 5.01 Å². The molecule has 0 unspecified atom stereocenters. The van der Waals surface area contributed by atoms with Crippen LogP contribution in [0, 0.1) is 0 Å². The summed E-state index contributed by atoms with van der Waals surface area (Å²) in [6.45, 7) is 2.12. The zero-order valence-corrected chi connectivity index (χ0v) is 11.1. The van der Waals surface area contributed by atoms with E-state index >= 15 is 0 Å². The van der Waals surface area contributed by atoms with Gasteiger partial charge in [0.25, 0.3) is 0 Å². The fourth-order valence-corrected chi connectivity index (χ4v) is 2.07. The van der Waals surface area contributed by atoms with Crippen molar-refractivity contribution in [1.29, 1.82) is 0 Å². The summed E-state index contributed by atoms with van der Waals surface area (Å²) in [7, 11) is 3.28. The van der Waals surface area contributed by atoms with E-state index in [4.69, 9.17) is 9.47 Å². The van der Waals surface area contributed by atoms with Gasteiger partial charge in [0.05, 0.1) is 20.4 Å². The molecule has 4 heteroatoms. The third kappa shape index (κ3) is 3.15. The predicted molar refractivity (Wildman–Crippen MR) is 72.6 cm³/mol. The van der Waals surface area contributed by atoms with Gasteiger partial charge in [0.1, 0.15) is 0 Å². The summed E-state index contributed by atoms with van der Waals surface area (Å²) >= 11 is 0. The quantitative estimate of drug-likeness (QED) is 0.768. The first kappa shape index (κ1) is 12.7. The lowest BCUT2D eigenvalue weighted by atomic mass is 10.2. The van der Waals surface area contributed by atoms with E-state index < -0.39 is 0 Å². The van der Waals surface area contributed by atoms with Crippen molar-refractivity contribution >= 4 is 6.21 Å². The monoisotopic (exact) mass is 248 g/mol.